The summed E-state index contributed by atoms with van der Waals surface area (Å²) >= 11 is 7.39. The van der Waals surface area contributed by atoms with E-state index in [1.165, 1.54) is 11.1 Å². The molecule has 2 aromatic carbocycles. The van der Waals surface area contributed by atoms with Gasteiger partial charge in [0.2, 0.25) is 0 Å². The van der Waals surface area contributed by atoms with Crippen LogP contribution in [-0.2, 0) is 0 Å². The van der Waals surface area contributed by atoms with Crippen LogP contribution in [-0.4, -0.2) is 0 Å². The van der Waals surface area contributed by atoms with Gasteiger partial charge in [0, 0.05) is 15.4 Å². The van der Waals surface area contributed by atoms with Gasteiger partial charge < -0.3 is 4.42 Å². The highest BCUT2D eigenvalue weighted by molar-refractivity contribution is 9.15. The highest BCUT2D eigenvalue weighted by Crippen LogP contribution is 2.40. The molecule has 0 saturated heterocycles. The van der Waals surface area contributed by atoms with Gasteiger partial charge in [-0.25, -0.2) is 0 Å². The lowest BCUT2D eigenvalue weighted by atomic mass is 10.1. The molecule has 1 heterocycles. The first-order valence-electron chi connectivity index (χ1n) is 6.69. The molecule has 0 aliphatic heterocycles. The van der Waals surface area contributed by atoms with Crippen molar-refractivity contribution in [2.24, 2.45) is 0 Å². The normalized spacial score (nSPS) is 12.6. The summed E-state index contributed by atoms with van der Waals surface area (Å²) in [5.41, 5.74) is 4.38. The molecule has 0 aliphatic carbocycles. The van der Waals surface area contributed by atoms with Gasteiger partial charge in [-0.1, -0.05) is 36.4 Å². The largest absolute Gasteiger partial charge is 0.455 e. The summed E-state index contributed by atoms with van der Waals surface area (Å²) in [7, 11) is 0. The van der Waals surface area contributed by atoms with Crippen LogP contribution in [0.5, 0.6) is 0 Å². The average Bonchev–Trinajstić information content (AvgIpc) is 2.84. The number of furan rings is 1. The third-order valence-electron chi connectivity index (χ3n) is 3.59. The molecule has 0 atom stereocenters. The van der Waals surface area contributed by atoms with Crippen LogP contribution in [0.1, 0.15) is 23.8 Å². The minimum Gasteiger partial charge on any atom is -0.455 e. The molecule has 3 heteroatoms. The van der Waals surface area contributed by atoms with E-state index in [0.717, 1.165) is 31.3 Å². The molecule has 0 bridgehead atoms. The van der Waals surface area contributed by atoms with Gasteiger partial charge in [-0.15, -0.1) is 0 Å². The van der Waals surface area contributed by atoms with Gasteiger partial charge in [-0.05, 0) is 69.0 Å². The van der Waals surface area contributed by atoms with Gasteiger partial charge in [-0.2, -0.15) is 0 Å². The third-order valence-corrected chi connectivity index (χ3v) is 5.40. The fraction of sp³-hybridized carbons (Fsp3) is 0.111. The Kier molecular flexibility index (Phi) is 4.05. The van der Waals surface area contributed by atoms with Crippen molar-refractivity contribution >= 4 is 52.9 Å². The second kappa shape index (κ2) is 5.82. The van der Waals surface area contributed by atoms with Gasteiger partial charge >= 0.3 is 0 Å². The standard InChI is InChI=1S/C18H14Br2O/c1-11-7-3-4-8-13(11)16(19)12(2)18-17(20)14-9-5-6-10-15(14)21-18/h3-10H,1-2H3/b16-12-. The Morgan fingerprint density at radius 1 is 1.00 bits per heavy atom. The molecule has 3 aromatic rings. The highest BCUT2D eigenvalue weighted by atomic mass is 79.9. The number of halogens is 2. The molecule has 0 fully saturated rings. The number of fused-ring (bicyclic) bond motifs is 1. The highest BCUT2D eigenvalue weighted by Gasteiger charge is 2.16. The Labute approximate surface area is 140 Å². The molecule has 3 rings (SSSR count). The Hall–Kier alpha value is -1.32. The number of hydrogen-bond acceptors (Lipinski definition) is 1. The molecule has 0 amide bonds. The molecular formula is C18H14Br2O. The fourth-order valence-corrected chi connectivity index (χ4v) is 3.71. The van der Waals surface area contributed by atoms with Crippen molar-refractivity contribution in [3.05, 3.63) is 69.9 Å². The Morgan fingerprint density at radius 2 is 1.67 bits per heavy atom. The fourth-order valence-electron chi connectivity index (χ4n) is 2.38. The lowest BCUT2D eigenvalue weighted by Crippen LogP contribution is -1.86. The predicted octanol–water partition coefficient (Wildman–Crippen LogP) is 6.79. The molecule has 1 nitrogen and oxygen atoms in total. The van der Waals surface area contributed by atoms with Crippen LogP contribution < -0.4 is 0 Å². The zero-order valence-electron chi connectivity index (χ0n) is 11.8. The molecule has 21 heavy (non-hydrogen) atoms. The SMILES string of the molecule is C/C(=C(/Br)c1ccccc1C)c1oc2ccccc2c1Br. The summed E-state index contributed by atoms with van der Waals surface area (Å²) in [5, 5.41) is 1.09. The van der Waals surface area contributed by atoms with Crippen molar-refractivity contribution in [1.82, 2.24) is 0 Å². The zero-order chi connectivity index (χ0) is 15.0. The lowest BCUT2D eigenvalue weighted by molar-refractivity contribution is 0.597. The van der Waals surface area contributed by atoms with Crippen molar-refractivity contribution in [2.45, 2.75) is 13.8 Å². The van der Waals surface area contributed by atoms with Crippen molar-refractivity contribution in [2.75, 3.05) is 0 Å². The Morgan fingerprint density at radius 3 is 2.38 bits per heavy atom. The number of allylic oxidation sites excluding steroid dienone is 1. The first-order valence-corrected chi connectivity index (χ1v) is 8.28. The van der Waals surface area contributed by atoms with E-state index >= 15 is 0 Å². The molecule has 0 saturated carbocycles. The zero-order valence-corrected chi connectivity index (χ0v) is 15.0. The minimum absolute atomic E-state index is 0.867. The number of benzene rings is 2. The first kappa shape index (κ1) is 14.6. The number of hydrogen-bond donors (Lipinski definition) is 0. The van der Waals surface area contributed by atoms with E-state index < -0.39 is 0 Å². The van der Waals surface area contributed by atoms with Crippen LogP contribution in [0.25, 0.3) is 21.0 Å². The van der Waals surface area contributed by atoms with Crippen LogP contribution in [0.3, 0.4) is 0 Å². The van der Waals surface area contributed by atoms with Crippen LogP contribution in [0, 0.1) is 6.92 Å². The molecule has 0 N–H and O–H groups in total. The van der Waals surface area contributed by atoms with E-state index in [2.05, 4.69) is 63.9 Å². The smallest absolute Gasteiger partial charge is 0.146 e. The summed E-state index contributed by atoms with van der Waals surface area (Å²) < 4.78 is 8.07. The lowest BCUT2D eigenvalue weighted by Gasteiger charge is -2.08. The van der Waals surface area contributed by atoms with Gasteiger partial charge in [0.1, 0.15) is 11.3 Å². The minimum atomic E-state index is 0.867. The van der Waals surface area contributed by atoms with E-state index in [9.17, 15) is 0 Å². The van der Waals surface area contributed by atoms with E-state index in [1.54, 1.807) is 0 Å². The van der Waals surface area contributed by atoms with E-state index in [1.807, 2.05) is 30.3 Å². The van der Waals surface area contributed by atoms with Crippen molar-refractivity contribution in [1.29, 1.82) is 0 Å². The topological polar surface area (TPSA) is 13.1 Å². The van der Waals surface area contributed by atoms with Crippen LogP contribution >= 0.6 is 31.9 Å². The second-order valence-corrected chi connectivity index (χ2v) is 6.58. The van der Waals surface area contributed by atoms with E-state index in [4.69, 9.17) is 4.42 Å². The molecule has 0 radical (unpaired) electrons. The van der Waals surface area contributed by atoms with E-state index in [0.29, 0.717) is 0 Å². The maximum absolute atomic E-state index is 6.01. The molecular weight excluding hydrogens is 392 g/mol. The molecule has 0 unspecified atom stereocenters. The van der Waals surface area contributed by atoms with E-state index in [-0.39, 0.29) is 0 Å². The van der Waals surface area contributed by atoms with Gasteiger partial charge in [0.15, 0.2) is 0 Å². The number of para-hydroxylation sites is 1. The number of rotatable bonds is 2. The molecule has 106 valence electrons. The quantitative estimate of drug-likeness (QED) is 0.457. The van der Waals surface area contributed by atoms with Crippen LogP contribution in [0.15, 0.2) is 57.4 Å². The van der Waals surface area contributed by atoms with Crippen molar-refractivity contribution < 1.29 is 4.42 Å². The molecule has 1 aromatic heterocycles. The summed E-state index contributed by atoms with van der Waals surface area (Å²) in [4.78, 5) is 0. The summed E-state index contributed by atoms with van der Waals surface area (Å²) in [5.74, 6) is 0.867. The van der Waals surface area contributed by atoms with Gasteiger partial charge in [-0.3, -0.25) is 0 Å². The maximum atomic E-state index is 6.01. The summed E-state index contributed by atoms with van der Waals surface area (Å²) in [6, 6.07) is 16.4. The van der Waals surface area contributed by atoms with Crippen LogP contribution in [0.2, 0.25) is 0 Å². The maximum Gasteiger partial charge on any atom is 0.146 e. The third kappa shape index (κ3) is 2.60. The Bertz CT molecular complexity index is 843. The first-order chi connectivity index (χ1) is 10.1. The second-order valence-electron chi connectivity index (χ2n) is 5.00. The van der Waals surface area contributed by atoms with Crippen molar-refractivity contribution in [3.63, 3.8) is 0 Å². The monoisotopic (exact) mass is 404 g/mol. The van der Waals surface area contributed by atoms with Crippen molar-refractivity contribution in [3.8, 4) is 0 Å². The van der Waals surface area contributed by atoms with Gasteiger partial charge in [0.25, 0.3) is 0 Å². The molecule has 0 aliphatic rings. The summed E-state index contributed by atoms with van der Waals surface area (Å²) in [6.45, 7) is 4.18. The Balaban J connectivity index is 2.20. The predicted molar refractivity (Wildman–Crippen MR) is 96.5 cm³/mol. The van der Waals surface area contributed by atoms with Crippen LogP contribution in [0.4, 0.5) is 0 Å². The average molecular weight is 406 g/mol. The number of aryl methyl sites for hydroxylation is 1. The van der Waals surface area contributed by atoms with Gasteiger partial charge in [0.05, 0.1) is 4.47 Å². The molecule has 0 spiro atoms. The summed E-state index contributed by atoms with van der Waals surface area (Å²) in [6.07, 6.45) is 0.